The molecule has 2 N–H and O–H groups in total. The Bertz CT molecular complexity index is 341. The predicted molar refractivity (Wildman–Crippen MR) is 47.2 cm³/mol. The van der Waals surface area contributed by atoms with E-state index in [4.69, 9.17) is 10.2 Å². The van der Waals surface area contributed by atoms with Gasteiger partial charge in [-0.3, -0.25) is 0 Å². The van der Waals surface area contributed by atoms with E-state index in [1.54, 1.807) is 0 Å². The van der Waals surface area contributed by atoms with Crippen LogP contribution in [0.3, 0.4) is 0 Å². The number of carbonyl (C=O) groups is 2. The van der Waals surface area contributed by atoms with E-state index < -0.39 is 11.9 Å². The molecular weight excluding hydrogens is 172 g/mol. The van der Waals surface area contributed by atoms with Crippen molar-refractivity contribution in [1.29, 1.82) is 0 Å². The summed E-state index contributed by atoms with van der Waals surface area (Å²) in [6.07, 6.45) is 0. The van der Waals surface area contributed by atoms with Gasteiger partial charge in [0.05, 0.1) is 11.1 Å². The van der Waals surface area contributed by atoms with Gasteiger partial charge in [-0.2, -0.15) is 0 Å². The highest BCUT2D eigenvalue weighted by Crippen LogP contribution is 2.13. The zero-order valence-electron chi connectivity index (χ0n) is 6.94. The molecule has 0 aliphatic heterocycles. The molecule has 0 aliphatic carbocycles. The number of benzene rings is 1. The molecular formula is C9H10O4. The molecule has 0 fully saturated rings. The van der Waals surface area contributed by atoms with Crippen LogP contribution in [-0.4, -0.2) is 22.2 Å². The van der Waals surface area contributed by atoms with Gasteiger partial charge < -0.3 is 10.2 Å². The van der Waals surface area contributed by atoms with Gasteiger partial charge in [0.15, 0.2) is 0 Å². The Balaban J connectivity index is 0.00000169. The van der Waals surface area contributed by atoms with E-state index in [9.17, 15) is 9.59 Å². The maximum absolute atomic E-state index is 10.6. The third-order valence-electron chi connectivity index (χ3n) is 1.79. The Morgan fingerprint density at radius 2 is 1.54 bits per heavy atom. The third kappa shape index (κ3) is 1.66. The second kappa shape index (κ2) is 3.26. The van der Waals surface area contributed by atoms with Gasteiger partial charge in [0.1, 0.15) is 0 Å². The molecule has 0 spiro atoms. The molecule has 0 aromatic heterocycles. The van der Waals surface area contributed by atoms with Crippen molar-refractivity contribution >= 4 is 11.9 Å². The molecule has 4 heteroatoms. The molecule has 1 aromatic carbocycles. The smallest absolute Gasteiger partial charge is 0.335 e. The van der Waals surface area contributed by atoms with Crippen molar-refractivity contribution in [2.24, 2.45) is 0 Å². The van der Waals surface area contributed by atoms with Gasteiger partial charge in [0.25, 0.3) is 0 Å². The standard InChI is InChI=1S/C9H8O4.H2/c1-5-6(8(10)11)3-2-4-7(5)9(12)13;/h2-4H,1H3,(H,10,11)(H,12,13);1H/i;1+1. The molecule has 0 unspecified atom stereocenters. The fourth-order valence-electron chi connectivity index (χ4n) is 1.10. The predicted octanol–water partition coefficient (Wildman–Crippen LogP) is 1.64. The van der Waals surface area contributed by atoms with E-state index in [2.05, 4.69) is 0 Å². The fourth-order valence-corrected chi connectivity index (χ4v) is 1.10. The minimum atomic E-state index is -1.11. The lowest BCUT2D eigenvalue weighted by Crippen LogP contribution is -2.06. The Labute approximate surface area is 75.9 Å². The molecule has 0 heterocycles. The van der Waals surface area contributed by atoms with Crippen molar-refractivity contribution in [2.45, 2.75) is 6.92 Å². The lowest BCUT2D eigenvalue weighted by molar-refractivity contribution is 0.0696. The molecule has 70 valence electrons. The number of carboxylic acid groups (broad SMARTS) is 2. The Morgan fingerprint density at radius 3 is 1.85 bits per heavy atom. The van der Waals surface area contributed by atoms with Crippen molar-refractivity contribution in [2.75, 3.05) is 0 Å². The maximum atomic E-state index is 10.6. The first-order valence-electron chi connectivity index (χ1n) is 3.60. The van der Waals surface area contributed by atoms with E-state index in [0.717, 1.165) is 0 Å². The first kappa shape index (κ1) is 9.25. The zero-order chi connectivity index (χ0) is 10.0. The molecule has 0 atom stereocenters. The highest BCUT2D eigenvalue weighted by atomic mass is 16.4. The largest absolute Gasteiger partial charge is 0.478 e. The molecule has 4 nitrogen and oxygen atoms in total. The van der Waals surface area contributed by atoms with E-state index in [0.29, 0.717) is 0 Å². The number of hydrogen-bond acceptors (Lipinski definition) is 2. The van der Waals surface area contributed by atoms with Crippen LogP contribution in [0.25, 0.3) is 0 Å². The summed E-state index contributed by atoms with van der Waals surface area (Å²) < 4.78 is 0. The first-order chi connectivity index (χ1) is 6.04. The molecule has 0 aliphatic rings. The van der Waals surface area contributed by atoms with Gasteiger partial charge in [0.2, 0.25) is 0 Å². The van der Waals surface area contributed by atoms with Crippen molar-refractivity contribution in [3.05, 3.63) is 34.9 Å². The Kier molecular flexibility index (Phi) is 2.32. The van der Waals surface area contributed by atoms with Crippen LogP contribution in [0.4, 0.5) is 0 Å². The van der Waals surface area contributed by atoms with Crippen LogP contribution < -0.4 is 0 Å². The lowest BCUT2D eigenvalue weighted by Gasteiger charge is -2.03. The summed E-state index contributed by atoms with van der Waals surface area (Å²) in [6.45, 7) is 1.48. The van der Waals surface area contributed by atoms with Gasteiger partial charge in [-0.1, -0.05) is 6.07 Å². The highest BCUT2D eigenvalue weighted by Gasteiger charge is 2.13. The number of rotatable bonds is 2. The first-order valence-corrected chi connectivity index (χ1v) is 3.60. The average Bonchev–Trinajstić information content (AvgIpc) is 2.03. The number of carboxylic acids is 2. The van der Waals surface area contributed by atoms with Crippen LogP contribution in [0.5, 0.6) is 0 Å². The van der Waals surface area contributed by atoms with Crippen molar-refractivity contribution < 1.29 is 21.2 Å². The lowest BCUT2D eigenvalue weighted by atomic mass is 10.0. The van der Waals surface area contributed by atoms with Crippen molar-refractivity contribution in [3.63, 3.8) is 0 Å². The molecule has 13 heavy (non-hydrogen) atoms. The van der Waals surface area contributed by atoms with Crippen LogP contribution >= 0.6 is 0 Å². The van der Waals surface area contributed by atoms with Crippen molar-refractivity contribution in [1.82, 2.24) is 0 Å². The van der Waals surface area contributed by atoms with Gasteiger partial charge in [0, 0.05) is 1.43 Å². The van der Waals surface area contributed by atoms with E-state index in [1.165, 1.54) is 25.1 Å². The van der Waals surface area contributed by atoms with Crippen LogP contribution in [0, 0.1) is 6.92 Å². The van der Waals surface area contributed by atoms with Crippen LogP contribution in [0.2, 0.25) is 0 Å². The summed E-state index contributed by atoms with van der Waals surface area (Å²) in [6, 6.07) is 4.17. The van der Waals surface area contributed by atoms with E-state index in [-0.39, 0.29) is 18.1 Å². The molecule has 0 bridgehead atoms. The Hall–Kier alpha value is -1.84. The molecule has 0 radical (unpaired) electrons. The summed E-state index contributed by atoms with van der Waals surface area (Å²) in [5.41, 5.74) is 0.335. The third-order valence-corrected chi connectivity index (χ3v) is 1.79. The van der Waals surface area contributed by atoms with Gasteiger partial charge in [-0.25, -0.2) is 9.59 Å². The van der Waals surface area contributed by atoms with Crippen LogP contribution in [0.1, 0.15) is 27.7 Å². The average molecular weight is 183 g/mol. The summed E-state index contributed by atoms with van der Waals surface area (Å²) in [5, 5.41) is 17.4. The summed E-state index contributed by atoms with van der Waals surface area (Å²) >= 11 is 0. The summed E-state index contributed by atoms with van der Waals surface area (Å²) in [5.74, 6) is -2.22. The zero-order valence-corrected chi connectivity index (χ0v) is 6.94. The van der Waals surface area contributed by atoms with Crippen molar-refractivity contribution in [3.8, 4) is 0 Å². The maximum Gasteiger partial charge on any atom is 0.335 e. The molecule has 1 aromatic rings. The quantitative estimate of drug-likeness (QED) is 0.730. The summed E-state index contributed by atoms with van der Waals surface area (Å²) in [4.78, 5) is 21.2. The van der Waals surface area contributed by atoms with Gasteiger partial charge in [-0.15, -0.1) is 0 Å². The normalized spacial score (nSPS) is 9.62. The molecule has 0 saturated heterocycles. The number of aromatic carboxylic acids is 2. The highest BCUT2D eigenvalue weighted by molar-refractivity contribution is 5.96. The topological polar surface area (TPSA) is 74.6 Å². The number of hydrogen-bond donors (Lipinski definition) is 2. The Morgan fingerprint density at radius 1 is 1.15 bits per heavy atom. The summed E-state index contributed by atoms with van der Waals surface area (Å²) in [7, 11) is 0. The van der Waals surface area contributed by atoms with Crippen LogP contribution in [-0.2, 0) is 0 Å². The fraction of sp³-hybridized carbons (Fsp3) is 0.111. The minimum absolute atomic E-state index is 0. The van der Waals surface area contributed by atoms with E-state index in [1.807, 2.05) is 0 Å². The van der Waals surface area contributed by atoms with E-state index >= 15 is 0 Å². The van der Waals surface area contributed by atoms with Gasteiger partial charge >= 0.3 is 11.9 Å². The molecule has 1 rings (SSSR count). The minimum Gasteiger partial charge on any atom is -0.478 e. The monoisotopic (exact) mass is 183 g/mol. The molecule has 0 saturated carbocycles. The second-order valence-electron chi connectivity index (χ2n) is 2.59. The second-order valence-corrected chi connectivity index (χ2v) is 2.59. The molecule has 0 amide bonds. The van der Waals surface area contributed by atoms with Gasteiger partial charge in [-0.05, 0) is 24.6 Å². The SMILES string of the molecule is Cc1c(C(=O)O)cccc1C(=O)O.[2HH]. The van der Waals surface area contributed by atoms with Crippen LogP contribution in [0.15, 0.2) is 18.2 Å².